The summed E-state index contributed by atoms with van der Waals surface area (Å²) in [4.78, 5) is 0. The Hall–Kier alpha value is -0.470. The molecule has 1 aliphatic rings. The molecule has 0 spiro atoms. The predicted molar refractivity (Wildman–Crippen MR) is 61.7 cm³/mol. The zero-order chi connectivity index (χ0) is 9.97. The maximum absolute atomic E-state index is 9.72. The molecule has 0 amide bonds. The van der Waals surface area contributed by atoms with Crippen molar-refractivity contribution >= 4 is 11.8 Å². The van der Waals surface area contributed by atoms with Gasteiger partial charge in [-0.1, -0.05) is 24.3 Å². The quantitative estimate of drug-likeness (QED) is 0.804. The van der Waals surface area contributed by atoms with Crippen LogP contribution >= 0.6 is 11.8 Å². The summed E-state index contributed by atoms with van der Waals surface area (Å²) in [7, 11) is 0. The molecule has 14 heavy (non-hydrogen) atoms. The van der Waals surface area contributed by atoms with Gasteiger partial charge in [0.05, 0.1) is 6.10 Å². The van der Waals surface area contributed by atoms with Crippen molar-refractivity contribution in [3.8, 4) is 0 Å². The van der Waals surface area contributed by atoms with Crippen LogP contribution in [0.5, 0.6) is 0 Å². The average molecular weight is 208 g/mol. The van der Waals surface area contributed by atoms with E-state index in [1.165, 1.54) is 11.1 Å². The minimum Gasteiger partial charge on any atom is -0.392 e. The molecule has 1 heterocycles. The number of aryl methyl sites for hydroxylation is 1. The molecule has 1 saturated heterocycles. The standard InChI is InChI=1S/C12H16OS/c1-9-4-2-3-5-10(9)6-11-7-14-8-12(11)13/h2-5,11-13H,6-8H2,1H3. The second kappa shape index (κ2) is 4.37. The smallest absolute Gasteiger partial charge is 0.0669 e. The summed E-state index contributed by atoms with van der Waals surface area (Å²) >= 11 is 1.87. The third-order valence-corrected chi connectivity index (χ3v) is 4.15. The Balaban J connectivity index is 2.07. The number of aliphatic hydroxyl groups is 1. The van der Waals surface area contributed by atoms with Crippen LogP contribution in [0.2, 0.25) is 0 Å². The van der Waals surface area contributed by atoms with Crippen molar-refractivity contribution in [2.75, 3.05) is 11.5 Å². The summed E-state index contributed by atoms with van der Waals surface area (Å²) in [6.45, 7) is 2.14. The van der Waals surface area contributed by atoms with Crippen LogP contribution in [0.25, 0.3) is 0 Å². The molecule has 0 aromatic heterocycles. The van der Waals surface area contributed by atoms with Crippen LogP contribution in [-0.4, -0.2) is 22.7 Å². The molecule has 1 fully saturated rings. The van der Waals surface area contributed by atoms with Crippen molar-refractivity contribution in [2.45, 2.75) is 19.4 Å². The van der Waals surface area contributed by atoms with Crippen LogP contribution in [0, 0.1) is 12.8 Å². The largest absolute Gasteiger partial charge is 0.392 e. The molecule has 1 N–H and O–H groups in total. The van der Waals surface area contributed by atoms with E-state index in [1.54, 1.807) is 0 Å². The van der Waals surface area contributed by atoms with Gasteiger partial charge in [-0.2, -0.15) is 11.8 Å². The average Bonchev–Trinajstić information content (AvgIpc) is 2.56. The highest BCUT2D eigenvalue weighted by Gasteiger charge is 2.25. The Labute approximate surface area is 89.5 Å². The van der Waals surface area contributed by atoms with E-state index in [1.807, 2.05) is 11.8 Å². The minimum absolute atomic E-state index is 0.0976. The van der Waals surface area contributed by atoms with Crippen molar-refractivity contribution in [3.63, 3.8) is 0 Å². The summed E-state index contributed by atoms with van der Waals surface area (Å²) in [6, 6.07) is 8.46. The molecule has 0 radical (unpaired) electrons. The van der Waals surface area contributed by atoms with Gasteiger partial charge >= 0.3 is 0 Å². The molecular formula is C12H16OS. The van der Waals surface area contributed by atoms with Gasteiger partial charge in [0, 0.05) is 5.75 Å². The molecule has 0 saturated carbocycles. The molecule has 0 aliphatic carbocycles. The fraction of sp³-hybridized carbons (Fsp3) is 0.500. The lowest BCUT2D eigenvalue weighted by Crippen LogP contribution is -2.20. The van der Waals surface area contributed by atoms with Crippen molar-refractivity contribution in [2.24, 2.45) is 5.92 Å². The molecule has 2 atom stereocenters. The summed E-state index contributed by atoms with van der Waals surface area (Å²) in [6.07, 6.45) is 0.931. The van der Waals surface area contributed by atoms with Crippen LogP contribution in [0.4, 0.5) is 0 Å². The van der Waals surface area contributed by atoms with Gasteiger partial charge < -0.3 is 5.11 Å². The first-order valence-electron chi connectivity index (χ1n) is 5.07. The lowest BCUT2D eigenvalue weighted by Gasteiger charge is -2.14. The van der Waals surface area contributed by atoms with Gasteiger partial charge in [-0.3, -0.25) is 0 Å². The first-order valence-corrected chi connectivity index (χ1v) is 6.23. The van der Waals surface area contributed by atoms with Gasteiger partial charge in [0.25, 0.3) is 0 Å². The molecule has 0 bridgehead atoms. The molecule has 1 aromatic carbocycles. The van der Waals surface area contributed by atoms with Crippen LogP contribution in [0.15, 0.2) is 24.3 Å². The van der Waals surface area contributed by atoms with Crippen LogP contribution < -0.4 is 0 Å². The molecular weight excluding hydrogens is 192 g/mol. The van der Waals surface area contributed by atoms with Gasteiger partial charge in [0.1, 0.15) is 0 Å². The number of thioether (sulfide) groups is 1. The molecule has 1 aliphatic heterocycles. The number of aliphatic hydroxyl groups excluding tert-OH is 1. The second-order valence-corrected chi connectivity index (χ2v) is 5.07. The Morgan fingerprint density at radius 2 is 2.14 bits per heavy atom. The van der Waals surface area contributed by atoms with E-state index < -0.39 is 0 Å². The lowest BCUT2D eigenvalue weighted by atomic mass is 9.94. The Kier molecular flexibility index (Phi) is 3.14. The van der Waals surface area contributed by atoms with Gasteiger partial charge in [0.15, 0.2) is 0 Å². The monoisotopic (exact) mass is 208 g/mol. The van der Waals surface area contributed by atoms with E-state index in [9.17, 15) is 5.11 Å². The molecule has 2 unspecified atom stereocenters. The van der Waals surface area contributed by atoms with E-state index >= 15 is 0 Å². The molecule has 1 aromatic rings. The van der Waals surface area contributed by atoms with Gasteiger partial charge in [-0.05, 0) is 36.1 Å². The maximum Gasteiger partial charge on any atom is 0.0669 e. The molecule has 76 valence electrons. The summed E-state index contributed by atoms with van der Waals surface area (Å²) in [5, 5.41) is 9.72. The van der Waals surface area contributed by atoms with E-state index in [0.717, 1.165) is 17.9 Å². The summed E-state index contributed by atoms with van der Waals surface area (Å²) in [5.41, 5.74) is 2.73. The highest BCUT2D eigenvalue weighted by Crippen LogP contribution is 2.27. The summed E-state index contributed by atoms with van der Waals surface area (Å²) in [5.74, 6) is 2.48. The number of hydrogen-bond acceptors (Lipinski definition) is 2. The van der Waals surface area contributed by atoms with E-state index in [0.29, 0.717) is 5.92 Å². The summed E-state index contributed by atoms with van der Waals surface area (Å²) < 4.78 is 0. The molecule has 2 rings (SSSR count). The Morgan fingerprint density at radius 1 is 1.36 bits per heavy atom. The Bertz CT molecular complexity index is 311. The topological polar surface area (TPSA) is 20.2 Å². The van der Waals surface area contributed by atoms with Crippen molar-refractivity contribution < 1.29 is 5.11 Å². The number of hydrogen-bond donors (Lipinski definition) is 1. The van der Waals surface area contributed by atoms with Crippen molar-refractivity contribution in [1.82, 2.24) is 0 Å². The van der Waals surface area contributed by atoms with E-state index in [4.69, 9.17) is 0 Å². The maximum atomic E-state index is 9.72. The first kappa shape index (κ1) is 10.1. The third-order valence-electron chi connectivity index (χ3n) is 2.91. The van der Waals surface area contributed by atoms with E-state index in [2.05, 4.69) is 31.2 Å². The highest BCUT2D eigenvalue weighted by atomic mass is 32.2. The van der Waals surface area contributed by atoms with Crippen molar-refractivity contribution in [1.29, 1.82) is 0 Å². The number of rotatable bonds is 2. The second-order valence-electron chi connectivity index (χ2n) is 4.00. The fourth-order valence-electron chi connectivity index (χ4n) is 1.90. The van der Waals surface area contributed by atoms with Gasteiger partial charge in [0.2, 0.25) is 0 Å². The minimum atomic E-state index is -0.0976. The molecule has 2 heteroatoms. The number of benzene rings is 1. The third kappa shape index (κ3) is 2.12. The lowest BCUT2D eigenvalue weighted by molar-refractivity contribution is 0.150. The van der Waals surface area contributed by atoms with E-state index in [-0.39, 0.29) is 6.10 Å². The van der Waals surface area contributed by atoms with Crippen LogP contribution in [0.3, 0.4) is 0 Å². The van der Waals surface area contributed by atoms with Crippen LogP contribution in [-0.2, 0) is 6.42 Å². The zero-order valence-corrected chi connectivity index (χ0v) is 9.26. The van der Waals surface area contributed by atoms with Gasteiger partial charge in [-0.15, -0.1) is 0 Å². The van der Waals surface area contributed by atoms with Gasteiger partial charge in [-0.25, -0.2) is 0 Å². The zero-order valence-electron chi connectivity index (χ0n) is 8.44. The predicted octanol–water partition coefficient (Wildman–Crippen LogP) is 2.26. The highest BCUT2D eigenvalue weighted by molar-refractivity contribution is 7.99. The SMILES string of the molecule is Cc1ccccc1CC1CSCC1O. The van der Waals surface area contributed by atoms with Crippen LogP contribution in [0.1, 0.15) is 11.1 Å². The first-order chi connectivity index (χ1) is 6.77. The normalized spacial score (nSPS) is 26.7. The molecule has 1 nitrogen and oxygen atoms in total. The fourth-order valence-corrected chi connectivity index (χ4v) is 3.20. The van der Waals surface area contributed by atoms with Crippen molar-refractivity contribution in [3.05, 3.63) is 35.4 Å². The Morgan fingerprint density at radius 3 is 2.79 bits per heavy atom.